The molecule has 0 aromatic rings. The molecule has 0 aliphatic carbocycles. The van der Waals surface area contributed by atoms with Gasteiger partial charge >= 0.3 is 0 Å². The summed E-state index contributed by atoms with van der Waals surface area (Å²) in [5, 5.41) is 3.49. The van der Waals surface area contributed by atoms with Gasteiger partial charge in [-0.15, -0.1) is 0 Å². The van der Waals surface area contributed by atoms with E-state index in [4.69, 9.17) is 4.74 Å². The first-order valence-electron chi connectivity index (χ1n) is 6.63. The number of likely N-dealkylation sites (N-methyl/N-ethyl adjacent to an activating group) is 1. The van der Waals surface area contributed by atoms with Gasteiger partial charge in [-0.25, -0.2) is 0 Å². The quantitative estimate of drug-likeness (QED) is 0.751. The minimum atomic E-state index is 0.230. The molecule has 1 rings (SSSR count). The summed E-state index contributed by atoms with van der Waals surface area (Å²) in [6.45, 7) is 10.9. The molecule has 0 aromatic heterocycles. The molecule has 1 fully saturated rings. The highest BCUT2D eigenvalue weighted by Crippen LogP contribution is 2.23. The molecule has 0 saturated carbocycles. The number of morpholine rings is 1. The van der Waals surface area contributed by atoms with Crippen LogP contribution in [-0.4, -0.2) is 49.8 Å². The molecule has 1 aliphatic rings. The third kappa shape index (κ3) is 3.44. The van der Waals surface area contributed by atoms with Gasteiger partial charge in [0.1, 0.15) is 0 Å². The van der Waals surface area contributed by atoms with Crippen LogP contribution in [0.25, 0.3) is 0 Å². The lowest BCUT2D eigenvalue weighted by Gasteiger charge is -2.46. The van der Waals surface area contributed by atoms with Crippen molar-refractivity contribution in [2.75, 3.05) is 33.4 Å². The van der Waals surface area contributed by atoms with Crippen LogP contribution >= 0.6 is 0 Å². The van der Waals surface area contributed by atoms with E-state index >= 15 is 0 Å². The van der Waals surface area contributed by atoms with Crippen LogP contribution in [0.15, 0.2) is 0 Å². The second kappa shape index (κ2) is 6.58. The van der Waals surface area contributed by atoms with Gasteiger partial charge in [-0.1, -0.05) is 19.8 Å². The van der Waals surface area contributed by atoms with Crippen LogP contribution in [0.3, 0.4) is 0 Å². The fourth-order valence-corrected chi connectivity index (χ4v) is 2.62. The average molecular weight is 228 g/mol. The molecule has 1 N–H and O–H groups in total. The summed E-state index contributed by atoms with van der Waals surface area (Å²) in [4.78, 5) is 2.56. The van der Waals surface area contributed by atoms with E-state index in [9.17, 15) is 0 Å². The maximum atomic E-state index is 5.43. The minimum absolute atomic E-state index is 0.230. The Kier molecular flexibility index (Phi) is 5.73. The van der Waals surface area contributed by atoms with Crippen LogP contribution in [0.1, 0.15) is 40.0 Å². The Balaban J connectivity index is 2.56. The maximum absolute atomic E-state index is 5.43. The summed E-state index contributed by atoms with van der Waals surface area (Å²) in [5.41, 5.74) is 0.230. The van der Waals surface area contributed by atoms with Gasteiger partial charge < -0.3 is 10.1 Å². The van der Waals surface area contributed by atoms with Crippen molar-refractivity contribution in [1.29, 1.82) is 0 Å². The van der Waals surface area contributed by atoms with Crippen molar-refractivity contribution in [2.24, 2.45) is 0 Å². The third-order valence-corrected chi connectivity index (χ3v) is 3.87. The molecule has 1 heterocycles. The number of unbranched alkanes of at least 4 members (excludes halogenated alkanes) is 1. The Morgan fingerprint density at radius 2 is 1.94 bits per heavy atom. The molecule has 16 heavy (non-hydrogen) atoms. The molecule has 96 valence electrons. The topological polar surface area (TPSA) is 24.5 Å². The van der Waals surface area contributed by atoms with Gasteiger partial charge in [-0.05, 0) is 27.3 Å². The van der Waals surface area contributed by atoms with Crippen LogP contribution in [0.2, 0.25) is 0 Å². The van der Waals surface area contributed by atoms with E-state index in [0.29, 0.717) is 6.04 Å². The molecule has 1 unspecified atom stereocenters. The number of nitrogens with zero attached hydrogens (tertiary/aromatic N) is 1. The summed E-state index contributed by atoms with van der Waals surface area (Å²) in [5.74, 6) is 0. The normalized spacial score (nSPS) is 21.0. The summed E-state index contributed by atoms with van der Waals surface area (Å²) in [6, 6.07) is 0.575. The smallest absolute Gasteiger partial charge is 0.0594 e. The predicted octanol–water partition coefficient (Wildman–Crippen LogP) is 1.88. The van der Waals surface area contributed by atoms with E-state index in [1.54, 1.807) is 0 Å². The first-order chi connectivity index (χ1) is 7.62. The molecule has 0 spiro atoms. The number of hydrogen-bond donors (Lipinski definition) is 1. The minimum Gasteiger partial charge on any atom is -0.379 e. The van der Waals surface area contributed by atoms with Crippen molar-refractivity contribution < 1.29 is 4.74 Å². The zero-order chi connectivity index (χ0) is 12.0. The van der Waals surface area contributed by atoms with Crippen molar-refractivity contribution in [3.8, 4) is 0 Å². The Morgan fingerprint density at radius 3 is 2.44 bits per heavy atom. The second-order valence-electron chi connectivity index (χ2n) is 5.24. The summed E-state index contributed by atoms with van der Waals surface area (Å²) in [6.07, 6.45) is 3.84. The highest BCUT2D eigenvalue weighted by atomic mass is 16.5. The lowest BCUT2D eigenvalue weighted by molar-refractivity contribution is -0.0236. The van der Waals surface area contributed by atoms with Gasteiger partial charge in [-0.2, -0.15) is 0 Å². The Morgan fingerprint density at radius 1 is 1.31 bits per heavy atom. The molecule has 0 bridgehead atoms. The Labute approximate surface area is 101 Å². The first kappa shape index (κ1) is 13.9. The molecular formula is C13H28N2O. The number of ether oxygens (including phenoxy) is 1. The van der Waals surface area contributed by atoms with Gasteiger partial charge in [0.2, 0.25) is 0 Å². The van der Waals surface area contributed by atoms with Crippen LogP contribution in [0, 0.1) is 0 Å². The monoisotopic (exact) mass is 228 g/mol. The molecule has 3 nitrogen and oxygen atoms in total. The fraction of sp³-hybridized carbons (Fsp3) is 1.00. The highest BCUT2D eigenvalue weighted by Gasteiger charge is 2.34. The summed E-state index contributed by atoms with van der Waals surface area (Å²) >= 11 is 0. The van der Waals surface area contributed by atoms with Gasteiger partial charge in [-0.3, -0.25) is 4.90 Å². The van der Waals surface area contributed by atoms with Crippen LogP contribution in [0.4, 0.5) is 0 Å². The molecular weight excluding hydrogens is 200 g/mol. The van der Waals surface area contributed by atoms with E-state index in [1.165, 1.54) is 19.3 Å². The predicted molar refractivity (Wildman–Crippen MR) is 68.8 cm³/mol. The van der Waals surface area contributed by atoms with E-state index in [-0.39, 0.29) is 5.54 Å². The summed E-state index contributed by atoms with van der Waals surface area (Å²) < 4.78 is 5.43. The SMILES string of the molecule is CCCCC(NC)C(C)(C)N1CCOCC1. The molecule has 1 saturated heterocycles. The number of rotatable bonds is 6. The first-order valence-corrected chi connectivity index (χ1v) is 6.63. The third-order valence-electron chi connectivity index (χ3n) is 3.87. The van der Waals surface area contributed by atoms with Gasteiger partial charge in [0.05, 0.1) is 13.2 Å². The maximum Gasteiger partial charge on any atom is 0.0594 e. The highest BCUT2D eigenvalue weighted by molar-refractivity contribution is 4.93. The van der Waals surface area contributed by atoms with Crippen molar-refractivity contribution in [2.45, 2.75) is 51.6 Å². The van der Waals surface area contributed by atoms with E-state index in [2.05, 4.69) is 38.0 Å². The van der Waals surface area contributed by atoms with Crippen LogP contribution in [-0.2, 0) is 4.74 Å². The average Bonchev–Trinajstić information content (AvgIpc) is 2.31. The number of hydrogen-bond acceptors (Lipinski definition) is 3. The Bertz CT molecular complexity index is 188. The van der Waals surface area contributed by atoms with Crippen molar-refractivity contribution in [3.05, 3.63) is 0 Å². The van der Waals surface area contributed by atoms with Crippen LogP contribution in [0.5, 0.6) is 0 Å². The van der Waals surface area contributed by atoms with Crippen molar-refractivity contribution in [3.63, 3.8) is 0 Å². The molecule has 0 amide bonds. The second-order valence-corrected chi connectivity index (χ2v) is 5.24. The Hall–Kier alpha value is -0.120. The lowest BCUT2D eigenvalue weighted by atomic mass is 9.88. The van der Waals surface area contributed by atoms with Gasteiger partial charge in [0, 0.05) is 24.7 Å². The van der Waals surface area contributed by atoms with E-state index in [1.807, 2.05) is 0 Å². The molecule has 3 heteroatoms. The van der Waals surface area contributed by atoms with Crippen molar-refractivity contribution in [1.82, 2.24) is 10.2 Å². The molecule has 1 aliphatic heterocycles. The lowest BCUT2D eigenvalue weighted by Crippen LogP contribution is -2.59. The van der Waals surface area contributed by atoms with Gasteiger partial charge in [0.15, 0.2) is 0 Å². The molecule has 0 radical (unpaired) electrons. The van der Waals surface area contributed by atoms with Crippen molar-refractivity contribution >= 4 is 0 Å². The zero-order valence-electron chi connectivity index (χ0n) is 11.4. The molecule has 1 atom stereocenters. The number of nitrogens with one attached hydrogen (secondary N) is 1. The van der Waals surface area contributed by atoms with Gasteiger partial charge in [0.25, 0.3) is 0 Å². The summed E-state index contributed by atoms with van der Waals surface area (Å²) in [7, 11) is 2.09. The standard InChI is InChI=1S/C13H28N2O/c1-5-6-7-12(14-4)13(2,3)15-8-10-16-11-9-15/h12,14H,5-11H2,1-4H3. The molecule has 0 aromatic carbocycles. The van der Waals surface area contributed by atoms with Crippen LogP contribution < -0.4 is 5.32 Å². The van der Waals surface area contributed by atoms with E-state index in [0.717, 1.165) is 26.3 Å². The van der Waals surface area contributed by atoms with E-state index < -0.39 is 0 Å². The zero-order valence-corrected chi connectivity index (χ0v) is 11.4. The largest absolute Gasteiger partial charge is 0.379 e. The fourth-order valence-electron chi connectivity index (χ4n) is 2.62.